The summed E-state index contributed by atoms with van der Waals surface area (Å²) in [5, 5.41) is 13.2. The van der Waals surface area contributed by atoms with Gasteiger partial charge in [-0.05, 0) is 12.5 Å². The summed E-state index contributed by atoms with van der Waals surface area (Å²) in [6.45, 7) is 2.03. The van der Waals surface area contributed by atoms with E-state index in [1.165, 1.54) is 21.3 Å². The number of aromatic nitrogens is 2. The van der Waals surface area contributed by atoms with Gasteiger partial charge in [-0.2, -0.15) is 5.10 Å². The minimum atomic E-state index is -0.943. The molecule has 0 saturated carbocycles. The molecule has 0 spiro atoms. The van der Waals surface area contributed by atoms with Crippen LogP contribution in [-0.2, 0) is 11.8 Å². The summed E-state index contributed by atoms with van der Waals surface area (Å²) in [6.07, 6.45) is 3.26. The van der Waals surface area contributed by atoms with Crippen LogP contribution in [0.1, 0.15) is 30.3 Å². The van der Waals surface area contributed by atoms with Crippen molar-refractivity contribution in [3.63, 3.8) is 0 Å². The van der Waals surface area contributed by atoms with E-state index in [4.69, 9.17) is 0 Å². The van der Waals surface area contributed by atoms with E-state index >= 15 is 0 Å². The minimum absolute atomic E-state index is 0.0616. The number of hydrogen-bond acceptors (Lipinski definition) is 4. The summed E-state index contributed by atoms with van der Waals surface area (Å²) >= 11 is 1.54. The highest BCUT2D eigenvalue weighted by atomic mass is 32.2. The lowest BCUT2D eigenvalue weighted by atomic mass is 10.2. The van der Waals surface area contributed by atoms with E-state index in [9.17, 15) is 14.7 Å². The molecule has 2 atom stereocenters. The molecule has 0 aromatic carbocycles. The number of rotatable bonds is 4. The third-order valence-corrected chi connectivity index (χ3v) is 4.54. The van der Waals surface area contributed by atoms with Crippen LogP contribution in [0.25, 0.3) is 0 Å². The van der Waals surface area contributed by atoms with Gasteiger partial charge in [-0.3, -0.25) is 9.48 Å². The van der Waals surface area contributed by atoms with Gasteiger partial charge in [0.05, 0.1) is 5.37 Å². The van der Waals surface area contributed by atoms with Crippen molar-refractivity contribution in [2.45, 2.75) is 31.2 Å². The monoisotopic (exact) mass is 283 g/mol. The van der Waals surface area contributed by atoms with Crippen LogP contribution in [0.5, 0.6) is 0 Å². The van der Waals surface area contributed by atoms with Crippen molar-refractivity contribution in [2.75, 3.05) is 5.75 Å². The Bertz CT molecular complexity index is 488. The summed E-state index contributed by atoms with van der Waals surface area (Å²) in [4.78, 5) is 25.3. The number of aryl methyl sites for hydroxylation is 1. The Balaban J connectivity index is 2.28. The SMILES string of the molecule is CCCC1SCC(C(=O)O)N1C(=O)c1ccnn1C. The van der Waals surface area contributed by atoms with E-state index in [0.717, 1.165) is 12.8 Å². The first kappa shape index (κ1) is 13.9. The molecule has 0 aliphatic carbocycles. The highest BCUT2D eigenvalue weighted by Gasteiger charge is 2.42. The Labute approximate surface area is 115 Å². The number of nitrogens with zero attached hydrogens (tertiary/aromatic N) is 3. The van der Waals surface area contributed by atoms with Crippen LogP contribution in [0.15, 0.2) is 12.3 Å². The largest absolute Gasteiger partial charge is 0.480 e. The van der Waals surface area contributed by atoms with E-state index in [1.54, 1.807) is 19.3 Å². The van der Waals surface area contributed by atoms with Crippen LogP contribution < -0.4 is 0 Å². The van der Waals surface area contributed by atoms with Crippen LogP contribution in [0, 0.1) is 0 Å². The van der Waals surface area contributed by atoms with Crippen molar-refractivity contribution in [1.29, 1.82) is 0 Å². The molecule has 6 nitrogen and oxygen atoms in total. The lowest BCUT2D eigenvalue weighted by Gasteiger charge is -2.27. The summed E-state index contributed by atoms with van der Waals surface area (Å²) in [5.41, 5.74) is 0.426. The number of aliphatic carboxylic acids is 1. The molecule has 2 rings (SSSR count). The fourth-order valence-electron chi connectivity index (χ4n) is 2.21. The molecule has 1 amide bonds. The second-order valence-electron chi connectivity index (χ2n) is 4.48. The van der Waals surface area contributed by atoms with E-state index in [1.807, 2.05) is 6.92 Å². The normalized spacial score (nSPS) is 22.7. The smallest absolute Gasteiger partial charge is 0.327 e. The molecule has 104 valence electrons. The van der Waals surface area contributed by atoms with Crippen LogP contribution in [0.2, 0.25) is 0 Å². The van der Waals surface area contributed by atoms with Crippen LogP contribution in [0.4, 0.5) is 0 Å². The number of amides is 1. The molecular formula is C12H17N3O3S. The van der Waals surface area contributed by atoms with Crippen LogP contribution in [-0.4, -0.2) is 48.8 Å². The standard InChI is InChI=1S/C12H17N3O3S/c1-3-4-10-15(9(7-19-10)12(17)18)11(16)8-5-6-13-14(8)2/h5-6,9-10H,3-4,7H2,1-2H3,(H,17,18). The highest BCUT2D eigenvalue weighted by Crippen LogP contribution is 2.33. The molecule has 7 heteroatoms. The average Bonchev–Trinajstić information content (AvgIpc) is 2.95. The highest BCUT2D eigenvalue weighted by molar-refractivity contribution is 8.00. The fourth-order valence-corrected chi connectivity index (χ4v) is 3.72. The zero-order valence-corrected chi connectivity index (χ0v) is 11.8. The summed E-state index contributed by atoms with van der Waals surface area (Å²) in [5.74, 6) is -0.749. The first-order chi connectivity index (χ1) is 9.06. The van der Waals surface area contributed by atoms with Gasteiger partial charge in [0.2, 0.25) is 0 Å². The molecule has 1 aromatic heterocycles. The molecule has 1 fully saturated rings. The van der Waals surface area contributed by atoms with Gasteiger partial charge in [-0.25, -0.2) is 4.79 Å². The molecule has 1 aromatic rings. The maximum absolute atomic E-state index is 12.5. The molecule has 1 aliphatic heterocycles. The average molecular weight is 283 g/mol. The third kappa shape index (κ3) is 2.60. The van der Waals surface area contributed by atoms with Crippen LogP contribution >= 0.6 is 11.8 Å². The first-order valence-corrected chi connectivity index (χ1v) is 7.26. The second-order valence-corrected chi connectivity index (χ2v) is 5.69. The van der Waals surface area contributed by atoms with Crippen molar-refractivity contribution in [2.24, 2.45) is 7.05 Å². The lowest BCUT2D eigenvalue weighted by molar-refractivity contribution is -0.141. The van der Waals surface area contributed by atoms with Gasteiger partial charge in [0, 0.05) is 19.0 Å². The number of carbonyl (C=O) groups is 2. The molecule has 2 unspecified atom stereocenters. The van der Waals surface area contributed by atoms with Crippen molar-refractivity contribution < 1.29 is 14.7 Å². The number of thioether (sulfide) groups is 1. The van der Waals surface area contributed by atoms with E-state index < -0.39 is 12.0 Å². The van der Waals surface area contributed by atoms with Gasteiger partial charge in [0.15, 0.2) is 0 Å². The Morgan fingerprint density at radius 3 is 2.84 bits per heavy atom. The molecule has 19 heavy (non-hydrogen) atoms. The predicted molar refractivity (Wildman–Crippen MR) is 72.0 cm³/mol. The lowest BCUT2D eigenvalue weighted by Crippen LogP contribution is -2.46. The predicted octanol–water partition coefficient (Wildman–Crippen LogP) is 1.19. The minimum Gasteiger partial charge on any atom is -0.480 e. The quantitative estimate of drug-likeness (QED) is 0.898. The van der Waals surface area contributed by atoms with Gasteiger partial charge < -0.3 is 10.0 Å². The van der Waals surface area contributed by atoms with Crippen molar-refractivity contribution in [3.05, 3.63) is 18.0 Å². The third-order valence-electron chi connectivity index (χ3n) is 3.19. The maximum Gasteiger partial charge on any atom is 0.327 e. The summed E-state index contributed by atoms with van der Waals surface area (Å²) in [7, 11) is 1.68. The number of carboxylic acids is 1. The first-order valence-electron chi connectivity index (χ1n) is 6.21. The van der Waals surface area contributed by atoms with Gasteiger partial charge in [0.25, 0.3) is 5.91 Å². The Kier molecular flexibility index (Phi) is 4.14. The van der Waals surface area contributed by atoms with Crippen molar-refractivity contribution in [3.8, 4) is 0 Å². The zero-order chi connectivity index (χ0) is 14.0. The molecule has 0 bridgehead atoms. The Hall–Kier alpha value is -1.50. The van der Waals surface area contributed by atoms with Crippen LogP contribution in [0.3, 0.4) is 0 Å². The summed E-state index contributed by atoms with van der Waals surface area (Å²) < 4.78 is 1.48. The number of hydrogen-bond donors (Lipinski definition) is 1. The zero-order valence-electron chi connectivity index (χ0n) is 10.9. The second kappa shape index (κ2) is 5.64. The summed E-state index contributed by atoms with van der Waals surface area (Å²) in [6, 6.07) is 0.872. The Morgan fingerprint density at radius 1 is 1.58 bits per heavy atom. The van der Waals surface area contributed by atoms with E-state index in [-0.39, 0.29) is 11.3 Å². The fraction of sp³-hybridized carbons (Fsp3) is 0.583. The van der Waals surface area contributed by atoms with Crippen molar-refractivity contribution >= 4 is 23.6 Å². The molecule has 1 aliphatic rings. The molecule has 2 heterocycles. The van der Waals surface area contributed by atoms with Gasteiger partial charge in [-0.1, -0.05) is 13.3 Å². The molecule has 0 radical (unpaired) electrons. The van der Waals surface area contributed by atoms with E-state index in [0.29, 0.717) is 11.4 Å². The molecule has 1 N–H and O–H groups in total. The number of carboxylic acid groups (broad SMARTS) is 1. The molecular weight excluding hydrogens is 266 g/mol. The van der Waals surface area contributed by atoms with Gasteiger partial charge in [0.1, 0.15) is 11.7 Å². The van der Waals surface area contributed by atoms with Gasteiger partial charge >= 0.3 is 5.97 Å². The number of carbonyl (C=O) groups excluding carboxylic acids is 1. The Morgan fingerprint density at radius 2 is 2.32 bits per heavy atom. The van der Waals surface area contributed by atoms with Crippen molar-refractivity contribution in [1.82, 2.24) is 14.7 Å². The van der Waals surface area contributed by atoms with E-state index in [2.05, 4.69) is 5.10 Å². The topological polar surface area (TPSA) is 75.4 Å². The van der Waals surface area contributed by atoms with Gasteiger partial charge in [-0.15, -0.1) is 11.8 Å². The molecule has 1 saturated heterocycles. The maximum atomic E-state index is 12.5.